The number of nitrogens with zero attached hydrogens (tertiary/aromatic N) is 1. The zero-order valence-corrected chi connectivity index (χ0v) is 9.52. The topological polar surface area (TPSA) is 49.8 Å². The molecule has 2 heterocycles. The SMILES string of the molecule is C=CC(=O)N1CC2(CCOCC2)CC1CO. The smallest absolute Gasteiger partial charge is 0.246 e. The largest absolute Gasteiger partial charge is 0.394 e. The lowest BCUT2D eigenvalue weighted by Gasteiger charge is -2.32. The van der Waals surface area contributed by atoms with Crippen molar-refractivity contribution in [1.82, 2.24) is 4.90 Å². The van der Waals surface area contributed by atoms with Crippen molar-refractivity contribution in [2.45, 2.75) is 25.3 Å². The van der Waals surface area contributed by atoms with Crippen LogP contribution >= 0.6 is 0 Å². The van der Waals surface area contributed by atoms with Crippen LogP contribution in [0.25, 0.3) is 0 Å². The van der Waals surface area contributed by atoms with Crippen molar-refractivity contribution >= 4 is 5.91 Å². The summed E-state index contributed by atoms with van der Waals surface area (Å²) in [5.41, 5.74) is 0.171. The summed E-state index contributed by atoms with van der Waals surface area (Å²) in [5, 5.41) is 9.34. The molecule has 1 unspecified atom stereocenters. The van der Waals surface area contributed by atoms with Crippen molar-refractivity contribution in [3.63, 3.8) is 0 Å². The molecule has 4 heteroatoms. The van der Waals surface area contributed by atoms with Gasteiger partial charge in [-0.3, -0.25) is 4.79 Å². The number of carbonyl (C=O) groups excluding carboxylic acids is 1. The van der Waals surface area contributed by atoms with Crippen molar-refractivity contribution < 1.29 is 14.6 Å². The third-order valence-corrected chi connectivity index (χ3v) is 3.84. The summed E-state index contributed by atoms with van der Waals surface area (Å²) in [5.74, 6) is -0.0672. The monoisotopic (exact) mass is 225 g/mol. The second-order valence-electron chi connectivity index (χ2n) is 4.82. The van der Waals surface area contributed by atoms with Gasteiger partial charge in [0.25, 0.3) is 0 Å². The first-order valence-corrected chi connectivity index (χ1v) is 5.82. The van der Waals surface area contributed by atoms with Crippen molar-refractivity contribution in [2.24, 2.45) is 5.41 Å². The highest BCUT2D eigenvalue weighted by atomic mass is 16.5. The van der Waals surface area contributed by atoms with Crippen LogP contribution in [0.1, 0.15) is 19.3 Å². The highest BCUT2D eigenvalue weighted by Gasteiger charge is 2.45. The Balaban J connectivity index is 2.10. The molecule has 2 aliphatic heterocycles. The lowest BCUT2D eigenvalue weighted by molar-refractivity contribution is -0.128. The van der Waals surface area contributed by atoms with E-state index in [0.29, 0.717) is 0 Å². The van der Waals surface area contributed by atoms with E-state index in [4.69, 9.17) is 4.74 Å². The Labute approximate surface area is 95.9 Å². The molecule has 2 rings (SSSR count). The number of hydrogen-bond donors (Lipinski definition) is 1. The Morgan fingerprint density at radius 3 is 2.81 bits per heavy atom. The van der Waals surface area contributed by atoms with Gasteiger partial charge < -0.3 is 14.7 Å². The minimum atomic E-state index is -0.0672. The maximum absolute atomic E-state index is 11.7. The van der Waals surface area contributed by atoms with Crippen LogP contribution in [0.3, 0.4) is 0 Å². The Kier molecular flexibility index (Phi) is 3.30. The molecule has 1 atom stereocenters. The highest BCUT2D eigenvalue weighted by molar-refractivity contribution is 5.87. The molecule has 2 fully saturated rings. The number of amides is 1. The quantitative estimate of drug-likeness (QED) is 0.699. The molecule has 90 valence electrons. The van der Waals surface area contributed by atoms with Crippen molar-refractivity contribution in [1.29, 1.82) is 0 Å². The van der Waals surface area contributed by atoms with E-state index in [1.807, 2.05) is 0 Å². The van der Waals surface area contributed by atoms with Crippen LogP contribution in [0.15, 0.2) is 12.7 Å². The van der Waals surface area contributed by atoms with E-state index in [0.717, 1.165) is 39.0 Å². The minimum Gasteiger partial charge on any atom is -0.394 e. The first-order valence-electron chi connectivity index (χ1n) is 5.82. The third-order valence-electron chi connectivity index (χ3n) is 3.84. The molecule has 4 nitrogen and oxygen atoms in total. The molecule has 1 amide bonds. The van der Waals surface area contributed by atoms with Gasteiger partial charge in [-0.05, 0) is 30.8 Å². The van der Waals surface area contributed by atoms with Crippen LogP contribution in [-0.2, 0) is 9.53 Å². The summed E-state index contributed by atoms with van der Waals surface area (Å²) in [7, 11) is 0. The van der Waals surface area contributed by atoms with Gasteiger partial charge in [0, 0.05) is 19.8 Å². The molecular weight excluding hydrogens is 206 g/mol. The van der Waals surface area contributed by atoms with E-state index in [-0.39, 0.29) is 24.0 Å². The fourth-order valence-corrected chi connectivity index (χ4v) is 2.87. The maximum atomic E-state index is 11.7. The van der Waals surface area contributed by atoms with Crippen molar-refractivity contribution in [3.8, 4) is 0 Å². The highest BCUT2D eigenvalue weighted by Crippen LogP contribution is 2.42. The number of rotatable bonds is 2. The molecular formula is C12H19NO3. The van der Waals surface area contributed by atoms with Gasteiger partial charge in [-0.1, -0.05) is 6.58 Å². The average molecular weight is 225 g/mol. The lowest BCUT2D eigenvalue weighted by atomic mass is 9.78. The molecule has 1 N–H and O–H groups in total. The zero-order chi connectivity index (χ0) is 11.6. The van der Waals surface area contributed by atoms with Crippen LogP contribution in [0.4, 0.5) is 0 Å². The normalized spacial score (nSPS) is 28.3. The van der Waals surface area contributed by atoms with E-state index in [9.17, 15) is 9.90 Å². The van der Waals surface area contributed by atoms with Gasteiger partial charge in [0.15, 0.2) is 0 Å². The molecule has 0 aromatic carbocycles. The van der Waals surface area contributed by atoms with E-state index in [1.54, 1.807) is 4.90 Å². The van der Waals surface area contributed by atoms with Gasteiger partial charge in [-0.25, -0.2) is 0 Å². The van der Waals surface area contributed by atoms with E-state index >= 15 is 0 Å². The van der Waals surface area contributed by atoms with E-state index in [2.05, 4.69) is 6.58 Å². The van der Waals surface area contributed by atoms with E-state index < -0.39 is 0 Å². The fraction of sp³-hybridized carbons (Fsp3) is 0.750. The zero-order valence-electron chi connectivity index (χ0n) is 9.52. The second kappa shape index (κ2) is 4.55. The Hall–Kier alpha value is -0.870. The Morgan fingerprint density at radius 2 is 2.25 bits per heavy atom. The summed E-state index contributed by atoms with van der Waals surface area (Å²) in [4.78, 5) is 13.4. The number of aliphatic hydroxyl groups excluding tert-OH is 1. The number of aliphatic hydroxyl groups is 1. The molecule has 2 saturated heterocycles. The second-order valence-corrected chi connectivity index (χ2v) is 4.82. The summed E-state index contributed by atoms with van der Waals surface area (Å²) < 4.78 is 5.36. The van der Waals surface area contributed by atoms with Crippen LogP contribution in [0.2, 0.25) is 0 Å². The van der Waals surface area contributed by atoms with Crippen molar-refractivity contribution in [3.05, 3.63) is 12.7 Å². The summed E-state index contributed by atoms with van der Waals surface area (Å²) in [6, 6.07) is -0.0383. The predicted molar refractivity (Wildman–Crippen MR) is 59.9 cm³/mol. The van der Waals surface area contributed by atoms with Crippen LogP contribution in [-0.4, -0.2) is 48.3 Å². The maximum Gasteiger partial charge on any atom is 0.246 e. The van der Waals surface area contributed by atoms with Gasteiger partial charge in [0.1, 0.15) is 0 Å². The fourth-order valence-electron chi connectivity index (χ4n) is 2.87. The van der Waals surface area contributed by atoms with Crippen LogP contribution in [0, 0.1) is 5.41 Å². The average Bonchev–Trinajstić information content (AvgIpc) is 2.68. The summed E-state index contributed by atoms with van der Waals surface area (Å²) >= 11 is 0. The molecule has 0 saturated carbocycles. The lowest BCUT2D eigenvalue weighted by Crippen LogP contribution is -2.38. The standard InChI is InChI=1S/C12H19NO3/c1-2-11(15)13-9-12(7-10(13)8-14)3-5-16-6-4-12/h2,10,14H,1,3-9H2. The molecule has 0 bridgehead atoms. The van der Waals surface area contributed by atoms with Gasteiger partial charge in [-0.2, -0.15) is 0 Å². The Bertz CT molecular complexity index is 284. The number of likely N-dealkylation sites (tertiary alicyclic amines) is 1. The van der Waals surface area contributed by atoms with E-state index in [1.165, 1.54) is 6.08 Å². The summed E-state index contributed by atoms with van der Waals surface area (Å²) in [6.45, 7) is 5.84. The molecule has 0 aromatic rings. The summed E-state index contributed by atoms with van der Waals surface area (Å²) in [6.07, 6.45) is 4.21. The molecule has 0 aliphatic carbocycles. The van der Waals surface area contributed by atoms with Crippen molar-refractivity contribution in [2.75, 3.05) is 26.4 Å². The number of ether oxygens (including phenoxy) is 1. The first kappa shape index (κ1) is 11.6. The molecule has 2 aliphatic rings. The molecule has 16 heavy (non-hydrogen) atoms. The third kappa shape index (κ3) is 1.99. The molecule has 0 aromatic heterocycles. The van der Waals surface area contributed by atoms with Crippen LogP contribution in [0.5, 0.6) is 0 Å². The minimum absolute atomic E-state index is 0.0383. The molecule has 1 spiro atoms. The van der Waals surface area contributed by atoms with Gasteiger partial charge in [0.2, 0.25) is 5.91 Å². The first-order chi connectivity index (χ1) is 7.71. The Morgan fingerprint density at radius 1 is 1.56 bits per heavy atom. The predicted octanol–water partition coefficient (Wildman–Crippen LogP) is 0.562. The number of carbonyl (C=O) groups is 1. The van der Waals surface area contributed by atoms with Gasteiger partial charge >= 0.3 is 0 Å². The van der Waals surface area contributed by atoms with Crippen LogP contribution < -0.4 is 0 Å². The number of hydrogen-bond acceptors (Lipinski definition) is 3. The van der Waals surface area contributed by atoms with Gasteiger partial charge in [0.05, 0.1) is 12.6 Å². The molecule has 0 radical (unpaired) electrons. The van der Waals surface area contributed by atoms with Gasteiger partial charge in [-0.15, -0.1) is 0 Å².